The number of imidazole rings is 1. The number of para-hydroxylation sites is 1. The number of fused-ring (bicyclic) bond motifs is 2. The lowest BCUT2D eigenvalue weighted by molar-refractivity contribution is 0.496. The average molecular weight is 521 g/mol. The molecule has 10 heteroatoms. The third-order valence-corrected chi connectivity index (χ3v) is 7.01. The van der Waals surface area contributed by atoms with Crippen molar-refractivity contribution in [3.63, 3.8) is 0 Å². The topological polar surface area (TPSA) is 117 Å². The smallest absolute Gasteiger partial charge is 0.337 e. The lowest BCUT2D eigenvalue weighted by atomic mass is 10.1. The van der Waals surface area contributed by atoms with E-state index in [2.05, 4.69) is 26.7 Å². The van der Waals surface area contributed by atoms with E-state index in [4.69, 9.17) is 10.7 Å². The van der Waals surface area contributed by atoms with Crippen LogP contribution in [0.2, 0.25) is 0 Å². The molecule has 0 bridgehead atoms. The Labute approximate surface area is 224 Å². The van der Waals surface area contributed by atoms with Gasteiger partial charge in [0.25, 0.3) is 5.56 Å². The molecule has 5 heterocycles. The Morgan fingerprint density at radius 2 is 1.85 bits per heavy atom. The van der Waals surface area contributed by atoms with Crippen molar-refractivity contribution in [1.29, 1.82) is 0 Å². The molecule has 6 rings (SSSR count). The van der Waals surface area contributed by atoms with Gasteiger partial charge in [-0.15, -0.1) is 5.92 Å². The average Bonchev–Trinajstić information content (AvgIpc) is 3.34. The van der Waals surface area contributed by atoms with E-state index in [0.29, 0.717) is 40.6 Å². The number of hydrogen-bond acceptors (Lipinski definition) is 7. The van der Waals surface area contributed by atoms with Crippen LogP contribution in [0.5, 0.6) is 0 Å². The molecule has 1 atom stereocenters. The van der Waals surface area contributed by atoms with Gasteiger partial charge in [0.1, 0.15) is 0 Å². The summed E-state index contributed by atoms with van der Waals surface area (Å²) in [6, 6.07) is 16.5. The van der Waals surface area contributed by atoms with Crippen LogP contribution in [0.4, 0.5) is 5.95 Å². The summed E-state index contributed by atoms with van der Waals surface area (Å²) in [5.74, 6) is 6.60. The fourth-order valence-corrected chi connectivity index (χ4v) is 5.16. The SMILES string of the molecule is CC#CCn1c(N2CCCC(N)C2)nc2c1c(=O)n(Cc1ccc3ncccc3n1)c(=O)n2-c1ccccc1. The quantitative estimate of drug-likeness (QED) is 0.354. The number of aromatic nitrogens is 6. The zero-order valence-corrected chi connectivity index (χ0v) is 21.6. The van der Waals surface area contributed by atoms with Gasteiger partial charge in [-0.1, -0.05) is 24.1 Å². The number of pyridine rings is 2. The predicted octanol–water partition coefficient (Wildman–Crippen LogP) is 2.29. The van der Waals surface area contributed by atoms with Crippen molar-refractivity contribution in [2.45, 2.75) is 38.9 Å². The first-order valence-corrected chi connectivity index (χ1v) is 13.0. The highest BCUT2D eigenvalue weighted by atomic mass is 16.2. The summed E-state index contributed by atoms with van der Waals surface area (Å²) >= 11 is 0. The molecule has 2 N–H and O–H groups in total. The maximum atomic E-state index is 14.1. The Morgan fingerprint density at radius 3 is 2.64 bits per heavy atom. The molecule has 39 heavy (non-hydrogen) atoms. The van der Waals surface area contributed by atoms with Crippen molar-refractivity contribution in [2.24, 2.45) is 5.73 Å². The zero-order valence-electron chi connectivity index (χ0n) is 21.6. The molecule has 0 saturated carbocycles. The first kappa shape index (κ1) is 24.6. The minimum atomic E-state index is -0.486. The highest BCUT2D eigenvalue weighted by molar-refractivity contribution is 5.77. The molecule has 0 aliphatic carbocycles. The van der Waals surface area contributed by atoms with Crippen LogP contribution >= 0.6 is 0 Å². The largest absolute Gasteiger partial charge is 0.341 e. The van der Waals surface area contributed by atoms with E-state index < -0.39 is 11.2 Å². The van der Waals surface area contributed by atoms with Crippen molar-refractivity contribution < 1.29 is 0 Å². The normalized spacial score (nSPS) is 15.4. The number of piperidine rings is 1. The van der Waals surface area contributed by atoms with Crippen molar-refractivity contribution in [1.82, 2.24) is 28.7 Å². The van der Waals surface area contributed by atoms with Crippen LogP contribution in [0, 0.1) is 11.8 Å². The van der Waals surface area contributed by atoms with E-state index in [1.54, 1.807) is 25.3 Å². The van der Waals surface area contributed by atoms with Crippen LogP contribution in [0.15, 0.2) is 70.4 Å². The van der Waals surface area contributed by atoms with E-state index >= 15 is 0 Å². The van der Waals surface area contributed by atoms with E-state index in [0.717, 1.165) is 24.9 Å². The highest BCUT2D eigenvalue weighted by Gasteiger charge is 2.27. The van der Waals surface area contributed by atoms with Gasteiger partial charge < -0.3 is 10.6 Å². The summed E-state index contributed by atoms with van der Waals surface area (Å²) in [6.07, 6.45) is 3.55. The third kappa shape index (κ3) is 4.47. The second-order valence-corrected chi connectivity index (χ2v) is 9.63. The lowest BCUT2D eigenvalue weighted by Gasteiger charge is -2.31. The predicted molar refractivity (Wildman–Crippen MR) is 151 cm³/mol. The summed E-state index contributed by atoms with van der Waals surface area (Å²) in [4.78, 5) is 44.1. The van der Waals surface area contributed by atoms with Crippen molar-refractivity contribution >= 4 is 28.1 Å². The molecule has 0 spiro atoms. The standard InChI is InChI=1S/C29H28N8O2/c1-2-3-17-35-25-26(33-28(35)34-16-8-9-20(30)18-34)37(22-10-5-4-6-11-22)29(39)36(27(25)38)19-21-13-14-23-24(32-21)12-7-15-31-23/h4-7,10-15,20H,8-9,16-19,30H2,1H3. The maximum Gasteiger partial charge on any atom is 0.337 e. The summed E-state index contributed by atoms with van der Waals surface area (Å²) in [5.41, 5.74) is 8.62. The van der Waals surface area contributed by atoms with Crippen LogP contribution in [-0.2, 0) is 13.1 Å². The molecule has 0 amide bonds. The molecule has 1 aromatic carbocycles. The molecule has 1 aliphatic rings. The fourth-order valence-electron chi connectivity index (χ4n) is 5.16. The number of anilines is 1. The molecule has 196 valence electrons. The minimum absolute atomic E-state index is 0.000166. The summed E-state index contributed by atoms with van der Waals surface area (Å²) in [5, 5.41) is 0. The van der Waals surface area contributed by atoms with Gasteiger partial charge in [-0.3, -0.25) is 18.9 Å². The molecule has 4 aromatic heterocycles. The van der Waals surface area contributed by atoms with Gasteiger partial charge in [0.2, 0.25) is 5.95 Å². The van der Waals surface area contributed by atoms with Crippen molar-refractivity contribution in [3.8, 4) is 17.5 Å². The van der Waals surface area contributed by atoms with Crippen LogP contribution in [0.3, 0.4) is 0 Å². The Hall–Kier alpha value is -4.75. The number of nitrogens with zero attached hydrogens (tertiary/aromatic N) is 7. The van der Waals surface area contributed by atoms with Crippen LogP contribution in [0.1, 0.15) is 25.5 Å². The van der Waals surface area contributed by atoms with Gasteiger partial charge in [-0.25, -0.2) is 14.3 Å². The van der Waals surface area contributed by atoms with E-state index in [1.165, 1.54) is 9.13 Å². The summed E-state index contributed by atoms with van der Waals surface area (Å²) in [7, 11) is 0. The molecule has 5 aromatic rings. The number of rotatable bonds is 5. The molecule has 1 fully saturated rings. The summed E-state index contributed by atoms with van der Waals surface area (Å²) < 4.78 is 4.55. The highest BCUT2D eigenvalue weighted by Crippen LogP contribution is 2.24. The lowest BCUT2D eigenvalue weighted by Crippen LogP contribution is -2.44. The van der Waals surface area contributed by atoms with Gasteiger partial charge >= 0.3 is 5.69 Å². The number of benzene rings is 1. The fraction of sp³-hybridized carbons (Fsp3) is 0.276. The molecule has 1 saturated heterocycles. The van der Waals surface area contributed by atoms with Crippen molar-refractivity contribution in [3.05, 3.63) is 87.3 Å². The van der Waals surface area contributed by atoms with Crippen molar-refractivity contribution in [2.75, 3.05) is 18.0 Å². The Kier molecular flexibility index (Phi) is 6.42. The molecular weight excluding hydrogens is 492 g/mol. The first-order chi connectivity index (χ1) is 19.0. The van der Waals surface area contributed by atoms with E-state index in [1.807, 2.05) is 47.0 Å². The van der Waals surface area contributed by atoms with Crippen LogP contribution in [0.25, 0.3) is 27.9 Å². The second-order valence-electron chi connectivity index (χ2n) is 9.63. The van der Waals surface area contributed by atoms with Gasteiger partial charge in [0.05, 0.1) is 35.5 Å². The zero-order chi connectivity index (χ0) is 26.9. The van der Waals surface area contributed by atoms with Crippen LogP contribution in [-0.4, -0.2) is 47.8 Å². The first-order valence-electron chi connectivity index (χ1n) is 13.0. The second kappa shape index (κ2) is 10.2. The van der Waals surface area contributed by atoms with Gasteiger partial charge in [0, 0.05) is 25.3 Å². The van der Waals surface area contributed by atoms with Gasteiger partial charge in [-0.05, 0) is 56.2 Å². The Morgan fingerprint density at radius 1 is 1.00 bits per heavy atom. The minimum Gasteiger partial charge on any atom is -0.341 e. The number of hydrogen-bond donors (Lipinski definition) is 1. The third-order valence-electron chi connectivity index (χ3n) is 7.01. The molecule has 1 aliphatic heterocycles. The van der Waals surface area contributed by atoms with Gasteiger partial charge in [-0.2, -0.15) is 4.98 Å². The molecule has 1 unspecified atom stereocenters. The van der Waals surface area contributed by atoms with E-state index in [9.17, 15) is 9.59 Å². The monoisotopic (exact) mass is 520 g/mol. The van der Waals surface area contributed by atoms with E-state index in [-0.39, 0.29) is 19.1 Å². The Bertz CT molecular complexity index is 1860. The van der Waals surface area contributed by atoms with Crippen LogP contribution < -0.4 is 21.9 Å². The Balaban J connectivity index is 1.62. The molecule has 10 nitrogen and oxygen atoms in total. The maximum absolute atomic E-state index is 14.1. The number of nitrogens with two attached hydrogens (primary N) is 1. The van der Waals surface area contributed by atoms with Gasteiger partial charge in [0.15, 0.2) is 11.2 Å². The molecule has 0 radical (unpaired) electrons. The molecular formula is C29H28N8O2. The summed E-state index contributed by atoms with van der Waals surface area (Å²) in [6.45, 7) is 3.39.